The molecule has 0 amide bonds. The van der Waals surface area contributed by atoms with Crippen molar-refractivity contribution >= 4 is 5.97 Å². The number of hydrogen-bond donors (Lipinski definition) is 1. The van der Waals surface area contributed by atoms with Gasteiger partial charge in [-0.2, -0.15) is 0 Å². The molecule has 1 aliphatic heterocycles. The highest BCUT2D eigenvalue weighted by Gasteiger charge is 2.55. The molecule has 1 aromatic heterocycles. The molecule has 0 bridgehead atoms. The lowest BCUT2D eigenvalue weighted by atomic mass is 9.84. The van der Waals surface area contributed by atoms with Crippen LogP contribution in [0.5, 0.6) is 5.88 Å². The molecule has 2 heterocycles. The van der Waals surface area contributed by atoms with Gasteiger partial charge in [-0.3, -0.25) is 4.79 Å². The molecule has 0 spiro atoms. The number of rotatable bonds is 5. The topological polar surface area (TPSA) is 60.5 Å². The fraction of sp³-hybridized carbons (Fsp3) is 0.429. The summed E-state index contributed by atoms with van der Waals surface area (Å²) in [6.45, 7) is 5.55. The number of nitrogens with zero attached hydrogens (tertiary/aromatic N) is 1. The van der Waals surface area contributed by atoms with Gasteiger partial charge in [-0.1, -0.05) is 0 Å². The van der Waals surface area contributed by atoms with Gasteiger partial charge in [0.15, 0.2) is 0 Å². The van der Waals surface area contributed by atoms with Crippen LogP contribution in [0.1, 0.15) is 19.4 Å². The van der Waals surface area contributed by atoms with E-state index in [-0.39, 0.29) is 17.9 Å². The number of benzene rings is 1. The Morgan fingerprint density at radius 2 is 1.85 bits per heavy atom. The lowest BCUT2D eigenvalue weighted by Gasteiger charge is -2.23. The second-order valence-electron chi connectivity index (χ2n) is 7.77. The van der Waals surface area contributed by atoms with Crippen molar-refractivity contribution in [3.8, 4) is 17.1 Å². The molecule has 142 valence electrons. The minimum atomic E-state index is -0.856. The summed E-state index contributed by atoms with van der Waals surface area (Å²) in [6, 6.07) is 9.79. The van der Waals surface area contributed by atoms with Crippen molar-refractivity contribution < 1.29 is 18.7 Å². The van der Waals surface area contributed by atoms with Crippen molar-refractivity contribution in [3.63, 3.8) is 0 Å². The summed E-state index contributed by atoms with van der Waals surface area (Å²) >= 11 is 0. The number of carbonyl (C=O) groups excluding carboxylic acids is 1. The summed E-state index contributed by atoms with van der Waals surface area (Å²) in [5.74, 6) is 0.900. The lowest BCUT2D eigenvalue weighted by molar-refractivity contribution is -0.146. The highest BCUT2D eigenvalue weighted by Crippen LogP contribution is 2.45. The van der Waals surface area contributed by atoms with E-state index in [1.54, 1.807) is 12.1 Å². The number of nitrogens with one attached hydrogen (secondary N) is 1. The summed E-state index contributed by atoms with van der Waals surface area (Å²) in [7, 11) is 1.38. The first kappa shape index (κ1) is 17.9. The zero-order valence-electron chi connectivity index (χ0n) is 15.7. The minimum Gasteiger partial charge on any atom is -0.474 e. The number of piperidine rings is 1. The molecule has 0 unspecified atom stereocenters. The highest BCUT2D eigenvalue weighted by molar-refractivity contribution is 5.82. The van der Waals surface area contributed by atoms with Crippen LogP contribution in [-0.2, 0) is 14.9 Å². The van der Waals surface area contributed by atoms with Gasteiger partial charge in [0.25, 0.3) is 0 Å². The Morgan fingerprint density at radius 3 is 2.48 bits per heavy atom. The Hall–Kier alpha value is -2.47. The Morgan fingerprint density at radius 1 is 1.19 bits per heavy atom. The van der Waals surface area contributed by atoms with Crippen molar-refractivity contribution in [1.29, 1.82) is 0 Å². The molecule has 2 aliphatic rings. The molecule has 4 rings (SSSR count). The lowest BCUT2D eigenvalue weighted by Crippen LogP contribution is -2.30. The van der Waals surface area contributed by atoms with Crippen LogP contribution in [-0.4, -0.2) is 37.3 Å². The van der Waals surface area contributed by atoms with Crippen LogP contribution in [0, 0.1) is 17.7 Å². The number of carbonyl (C=O) groups is 1. The third-order valence-electron chi connectivity index (χ3n) is 5.63. The zero-order valence-corrected chi connectivity index (χ0v) is 15.7. The molecule has 2 fully saturated rings. The maximum absolute atomic E-state index is 13.3. The maximum Gasteiger partial charge on any atom is 0.315 e. The van der Waals surface area contributed by atoms with Crippen LogP contribution >= 0.6 is 0 Å². The van der Waals surface area contributed by atoms with Crippen molar-refractivity contribution in [2.75, 3.05) is 20.2 Å². The van der Waals surface area contributed by atoms with Crippen molar-refractivity contribution in [1.82, 2.24) is 10.3 Å². The summed E-state index contributed by atoms with van der Waals surface area (Å²) < 4.78 is 24.4. The number of halogens is 1. The van der Waals surface area contributed by atoms with Crippen molar-refractivity contribution in [2.45, 2.75) is 25.4 Å². The first-order valence-corrected chi connectivity index (χ1v) is 9.14. The summed E-state index contributed by atoms with van der Waals surface area (Å²) in [5, 5.41) is 3.34. The molecule has 1 aromatic carbocycles. The number of hydrogen-bond acceptors (Lipinski definition) is 5. The second-order valence-corrected chi connectivity index (χ2v) is 7.77. The predicted octanol–water partition coefficient (Wildman–Crippen LogP) is 2.93. The van der Waals surface area contributed by atoms with E-state index in [0.717, 1.165) is 24.2 Å². The van der Waals surface area contributed by atoms with Gasteiger partial charge in [-0.15, -0.1) is 0 Å². The SMILES string of the molecule is COC(=O)C(C)(C)c1cc(O[C@H]2[C@@H]3CNC[C@@H]32)nc(-c2ccc(F)cc2)c1. The minimum absolute atomic E-state index is 0.163. The number of methoxy groups -OCH3 is 1. The Balaban J connectivity index is 1.71. The molecule has 0 radical (unpaired) electrons. The van der Waals surface area contributed by atoms with Gasteiger partial charge in [0.05, 0.1) is 18.2 Å². The molecule has 2 aromatic rings. The van der Waals surface area contributed by atoms with E-state index in [0.29, 0.717) is 23.4 Å². The Bertz CT molecular complexity index is 856. The van der Waals surface area contributed by atoms with Crippen LogP contribution in [0.25, 0.3) is 11.3 Å². The molecule has 5 nitrogen and oxygen atoms in total. The molecule has 3 atom stereocenters. The monoisotopic (exact) mass is 370 g/mol. The Labute approximate surface area is 157 Å². The van der Waals surface area contributed by atoms with Gasteiger partial charge in [0, 0.05) is 36.6 Å². The first-order valence-electron chi connectivity index (χ1n) is 9.14. The third-order valence-corrected chi connectivity index (χ3v) is 5.63. The fourth-order valence-corrected chi connectivity index (χ4v) is 3.74. The molecular weight excluding hydrogens is 347 g/mol. The molecule has 6 heteroatoms. The van der Waals surface area contributed by atoms with E-state index in [1.807, 2.05) is 26.0 Å². The smallest absolute Gasteiger partial charge is 0.315 e. The van der Waals surface area contributed by atoms with Crippen LogP contribution in [0.2, 0.25) is 0 Å². The van der Waals surface area contributed by atoms with Gasteiger partial charge in [0.1, 0.15) is 11.9 Å². The van der Waals surface area contributed by atoms with Crippen LogP contribution in [0.15, 0.2) is 36.4 Å². The number of fused-ring (bicyclic) bond motifs is 1. The normalized spacial score (nSPS) is 23.6. The van der Waals surface area contributed by atoms with Crippen molar-refractivity contribution in [2.24, 2.45) is 11.8 Å². The fourth-order valence-electron chi connectivity index (χ4n) is 3.74. The van der Waals surface area contributed by atoms with E-state index in [1.165, 1.54) is 19.2 Å². The predicted molar refractivity (Wildman–Crippen MR) is 98.9 cm³/mol. The van der Waals surface area contributed by atoms with Gasteiger partial charge in [0.2, 0.25) is 5.88 Å². The standard InChI is InChI=1S/C21H23FN2O3/c1-21(2,20(25)26-3)13-8-17(12-4-6-14(22)7-5-12)24-18(9-13)27-19-15-10-23-11-16(15)19/h4-9,15-16,19,23H,10-11H2,1-3H3/t15-,16+,19+. The van der Waals surface area contributed by atoms with E-state index in [9.17, 15) is 9.18 Å². The number of aromatic nitrogens is 1. The third kappa shape index (κ3) is 3.30. The second kappa shape index (κ2) is 6.60. The van der Waals surface area contributed by atoms with Crippen molar-refractivity contribution in [3.05, 3.63) is 47.8 Å². The summed E-state index contributed by atoms with van der Waals surface area (Å²) in [4.78, 5) is 16.9. The summed E-state index contributed by atoms with van der Waals surface area (Å²) in [6.07, 6.45) is 0.163. The average Bonchev–Trinajstić information content (AvgIpc) is 3.08. The van der Waals surface area contributed by atoms with Crippen LogP contribution in [0.4, 0.5) is 4.39 Å². The molecule has 1 N–H and O–H groups in total. The first-order chi connectivity index (χ1) is 12.9. The zero-order chi connectivity index (χ0) is 19.2. The summed E-state index contributed by atoms with van der Waals surface area (Å²) in [5.41, 5.74) is 1.30. The van der Waals surface area contributed by atoms with E-state index >= 15 is 0 Å². The van der Waals surface area contributed by atoms with Gasteiger partial charge in [-0.05, 0) is 49.7 Å². The highest BCUT2D eigenvalue weighted by atomic mass is 19.1. The molecule has 27 heavy (non-hydrogen) atoms. The molecular formula is C21H23FN2O3. The molecule has 1 saturated carbocycles. The molecule has 1 aliphatic carbocycles. The van der Waals surface area contributed by atoms with E-state index < -0.39 is 5.41 Å². The number of esters is 1. The maximum atomic E-state index is 13.3. The van der Waals surface area contributed by atoms with Crippen LogP contribution < -0.4 is 10.1 Å². The largest absolute Gasteiger partial charge is 0.474 e. The number of pyridine rings is 1. The average molecular weight is 370 g/mol. The van der Waals surface area contributed by atoms with E-state index in [2.05, 4.69) is 10.3 Å². The van der Waals surface area contributed by atoms with Gasteiger partial charge >= 0.3 is 5.97 Å². The Kier molecular flexibility index (Phi) is 4.38. The van der Waals surface area contributed by atoms with Gasteiger partial charge in [-0.25, -0.2) is 9.37 Å². The number of ether oxygens (including phenoxy) is 2. The van der Waals surface area contributed by atoms with Gasteiger partial charge < -0.3 is 14.8 Å². The quantitative estimate of drug-likeness (QED) is 0.820. The van der Waals surface area contributed by atoms with Crippen LogP contribution in [0.3, 0.4) is 0 Å². The van der Waals surface area contributed by atoms with E-state index in [4.69, 9.17) is 9.47 Å². The molecule has 1 saturated heterocycles.